The van der Waals surface area contributed by atoms with Gasteiger partial charge in [0.2, 0.25) is 11.7 Å². The van der Waals surface area contributed by atoms with Gasteiger partial charge in [0.25, 0.3) is 11.8 Å². The minimum atomic E-state index is -1.14. The quantitative estimate of drug-likeness (QED) is 0.353. The Morgan fingerprint density at radius 2 is 1.75 bits per heavy atom. The van der Waals surface area contributed by atoms with Gasteiger partial charge in [-0.05, 0) is 63.8 Å². The fourth-order valence-corrected chi connectivity index (χ4v) is 5.45. The average Bonchev–Trinajstić information content (AvgIpc) is 3.39. The third kappa shape index (κ3) is 7.02. The second-order valence-electron chi connectivity index (χ2n) is 10.9. The van der Waals surface area contributed by atoms with Crippen LogP contribution in [-0.4, -0.2) is 95.9 Å². The number of amides is 3. The molecule has 13 heteroatoms. The lowest BCUT2D eigenvalue weighted by molar-refractivity contribution is -0.137. The van der Waals surface area contributed by atoms with Gasteiger partial charge in [-0.1, -0.05) is 18.5 Å². The van der Waals surface area contributed by atoms with E-state index in [0.29, 0.717) is 31.9 Å². The fraction of sp³-hybridized carbons (Fsp3) is 0.419. The Kier molecular flexibility index (Phi) is 10.6. The molecule has 44 heavy (non-hydrogen) atoms. The fourth-order valence-electron chi connectivity index (χ4n) is 5.19. The molecule has 1 aliphatic heterocycles. The van der Waals surface area contributed by atoms with Crippen molar-refractivity contribution in [1.82, 2.24) is 24.3 Å². The Morgan fingerprint density at radius 3 is 2.36 bits per heavy atom. The highest BCUT2D eigenvalue weighted by Crippen LogP contribution is 2.30. The minimum Gasteiger partial charge on any atom is -0.494 e. The van der Waals surface area contributed by atoms with Crippen molar-refractivity contribution >= 4 is 35.0 Å². The van der Waals surface area contributed by atoms with Crippen LogP contribution in [0.4, 0.5) is 14.5 Å². The van der Waals surface area contributed by atoms with Crippen LogP contribution < -0.4 is 10.1 Å². The molecule has 236 valence electrons. The molecular formula is C31H37ClF2N6O4. The van der Waals surface area contributed by atoms with Crippen molar-refractivity contribution in [2.75, 3.05) is 59.2 Å². The molecule has 1 fully saturated rings. The van der Waals surface area contributed by atoms with E-state index in [0.717, 1.165) is 19.4 Å². The number of hydrogen-bond acceptors (Lipinski definition) is 6. The SMILES string of the molecule is CCC(CCN(C)C)C(=O)N1CCN(C(=O)c2ccc(NC(=O)c3ncc(-c4ccc(OC)c(F)c4F)n3C)cc2Cl)CC1. The normalized spacial score (nSPS) is 14.1. The number of hydrogen-bond donors (Lipinski definition) is 1. The monoisotopic (exact) mass is 630 g/mol. The summed E-state index contributed by atoms with van der Waals surface area (Å²) in [7, 11) is 6.72. The molecule has 0 saturated carbocycles. The summed E-state index contributed by atoms with van der Waals surface area (Å²) in [6, 6.07) is 7.18. The predicted octanol–water partition coefficient (Wildman–Crippen LogP) is 4.54. The van der Waals surface area contributed by atoms with Crippen molar-refractivity contribution in [2.45, 2.75) is 19.8 Å². The Hall–Kier alpha value is -4.03. The molecule has 1 unspecified atom stereocenters. The lowest BCUT2D eigenvalue weighted by atomic mass is 10.00. The summed E-state index contributed by atoms with van der Waals surface area (Å²) in [5.41, 5.74) is 0.705. The van der Waals surface area contributed by atoms with Crippen molar-refractivity contribution < 1.29 is 27.9 Å². The first-order valence-corrected chi connectivity index (χ1v) is 14.7. The smallest absolute Gasteiger partial charge is 0.291 e. The lowest BCUT2D eigenvalue weighted by Gasteiger charge is -2.36. The third-order valence-electron chi connectivity index (χ3n) is 7.84. The van der Waals surface area contributed by atoms with Crippen molar-refractivity contribution in [3.63, 3.8) is 0 Å². The van der Waals surface area contributed by atoms with Crippen LogP contribution in [0.25, 0.3) is 11.3 Å². The van der Waals surface area contributed by atoms with Crippen molar-refractivity contribution in [1.29, 1.82) is 0 Å². The second kappa shape index (κ2) is 14.2. The van der Waals surface area contributed by atoms with Crippen LogP contribution >= 0.6 is 11.6 Å². The van der Waals surface area contributed by atoms with E-state index in [9.17, 15) is 23.2 Å². The number of anilines is 1. The predicted molar refractivity (Wildman–Crippen MR) is 164 cm³/mol. The molecule has 1 saturated heterocycles. The van der Waals surface area contributed by atoms with Gasteiger partial charge in [0.15, 0.2) is 17.4 Å². The molecule has 2 heterocycles. The molecular weight excluding hydrogens is 594 g/mol. The summed E-state index contributed by atoms with van der Waals surface area (Å²) < 4.78 is 35.1. The summed E-state index contributed by atoms with van der Waals surface area (Å²) in [6.07, 6.45) is 2.84. The summed E-state index contributed by atoms with van der Waals surface area (Å²) in [5, 5.41) is 2.83. The highest BCUT2D eigenvalue weighted by molar-refractivity contribution is 6.34. The van der Waals surface area contributed by atoms with Crippen molar-refractivity contribution in [3.8, 4) is 17.0 Å². The van der Waals surface area contributed by atoms with Gasteiger partial charge in [0.05, 0.1) is 29.6 Å². The first-order valence-electron chi connectivity index (χ1n) is 14.3. The van der Waals surface area contributed by atoms with E-state index in [-0.39, 0.29) is 51.1 Å². The van der Waals surface area contributed by atoms with E-state index < -0.39 is 17.5 Å². The van der Waals surface area contributed by atoms with Gasteiger partial charge in [-0.3, -0.25) is 14.4 Å². The van der Waals surface area contributed by atoms with Crippen LogP contribution in [0.15, 0.2) is 36.5 Å². The van der Waals surface area contributed by atoms with E-state index in [4.69, 9.17) is 16.3 Å². The zero-order chi connectivity index (χ0) is 32.1. The van der Waals surface area contributed by atoms with Gasteiger partial charge in [0, 0.05) is 50.4 Å². The van der Waals surface area contributed by atoms with Gasteiger partial charge in [-0.2, -0.15) is 4.39 Å². The highest BCUT2D eigenvalue weighted by atomic mass is 35.5. The number of carbonyl (C=O) groups excluding carboxylic acids is 3. The molecule has 0 aliphatic carbocycles. The molecule has 1 atom stereocenters. The highest BCUT2D eigenvalue weighted by Gasteiger charge is 2.29. The number of aromatic nitrogens is 2. The number of benzene rings is 2. The maximum absolute atomic E-state index is 14.6. The maximum atomic E-state index is 14.6. The van der Waals surface area contributed by atoms with Crippen LogP contribution in [-0.2, 0) is 11.8 Å². The second-order valence-corrected chi connectivity index (χ2v) is 11.3. The molecule has 1 aromatic heterocycles. The number of ether oxygens (including phenoxy) is 1. The number of nitrogens with one attached hydrogen (secondary N) is 1. The summed E-state index contributed by atoms with van der Waals surface area (Å²) in [5.74, 6) is -3.34. The Balaban J connectivity index is 1.39. The largest absolute Gasteiger partial charge is 0.494 e. The summed E-state index contributed by atoms with van der Waals surface area (Å²) >= 11 is 6.47. The molecule has 2 aromatic carbocycles. The van der Waals surface area contributed by atoms with Crippen LogP contribution in [0, 0.1) is 17.6 Å². The first-order chi connectivity index (χ1) is 21.0. The molecule has 0 radical (unpaired) electrons. The maximum Gasteiger partial charge on any atom is 0.291 e. The third-order valence-corrected chi connectivity index (χ3v) is 8.15. The van der Waals surface area contributed by atoms with E-state index in [2.05, 4.69) is 15.2 Å². The Morgan fingerprint density at radius 1 is 1.07 bits per heavy atom. The number of nitrogens with zero attached hydrogens (tertiary/aromatic N) is 5. The van der Waals surface area contributed by atoms with E-state index in [1.807, 2.05) is 25.9 Å². The molecule has 3 amide bonds. The number of methoxy groups -OCH3 is 1. The van der Waals surface area contributed by atoms with Crippen molar-refractivity contribution in [3.05, 3.63) is 64.6 Å². The first kappa shape index (κ1) is 32.9. The standard InChI is InChI=1S/C31H37ClF2N6O4/c1-6-19(11-12-37(2)3)30(42)39-13-15-40(16-14-39)31(43)21-8-7-20(17-23(21)32)36-29(41)28-35-18-24(38(28)4)22-9-10-25(44-5)27(34)26(22)33/h7-10,17-19H,6,11-16H2,1-5H3,(H,36,41). The number of rotatable bonds is 10. The lowest BCUT2D eigenvalue weighted by Crippen LogP contribution is -2.52. The molecule has 0 bridgehead atoms. The Bertz CT molecular complexity index is 1540. The molecule has 1 aliphatic rings. The zero-order valence-corrected chi connectivity index (χ0v) is 26.3. The topological polar surface area (TPSA) is 100 Å². The average molecular weight is 631 g/mol. The minimum absolute atomic E-state index is 0.0409. The van der Waals surface area contributed by atoms with E-state index >= 15 is 0 Å². The molecule has 3 aromatic rings. The molecule has 0 spiro atoms. The van der Waals surface area contributed by atoms with Crippen LogP contribution in [0.1, 0.15) is 40.7 Å². The molecule has 1 N–H and O–H groups in total. The summed E-state index contributed by atoms with van der Waals surface area (Å²) in [4.78, 5) is 48.9. The molecule has 4 rings (SSSR count). The van der Waals surface area contributed by atoms with Gasteiger partial charge in [-0.15, -0.1) is 0 Å². The number of imidazole rings is 1. The number of carbonyl (C=O) groups is 3. The van der Waals surface area contributed by atoms with E-state index in [1.54, 1.807) is 11.0 Å². The summed E-state index contributed by atoms with van der Waals surface area (Å²) in [6.45, 7) is 4.55. The van der Waals surface area contributed by atoms with Crippen LogP contribution in [0.5, 0.6) is 5.75 Å². The van der Waals surface area contributed by atoms with Gasteiger partial charge >= 0.3 is 0 Å². The number of halogens is 3. The van der Waals surface area contributed by atoms with Crippen molar-refractivity contribution in [2.24, 2.45) is 13.0 Å². The van der Waals surface area contributed by atoms with Gasteiger partial charge < -0.3 is 29.3 Å². The van der Waals surface area contributed by atoms with Gasteiger partial charge in [0.1, 0.15) is 0 Å². The molecule has 10 nitrogen and oxygen atoms in total. The van der Waals surface area contributed by atoms with Crippen LogP contribution in [0.2, 0.25) is 5.02 Å². The zero-order valence-electron chi connectivity index (χ0n) is 25.5. The van der Waals surface area contributed by atoms with Gasteiger partial charge in [-0.25, -0.2) is 9.37 Å². The van der Waals surface area contributed by atoms with E-state index in [1.165, 1.54) is 49.2 Å². The van der Waals surface area contributed by atoms with Crippen LogP contribution in [0.3, 0.4) is 0 Å². The Labute approximate surface area is 260 Å². The number of piperazine rings is 1.